The molecule has 0 unspecified atom stereocenters. The van der Waals surface area contributed by atoms with Gasteiger partial charge in [0.2, 0.25) is 11.7 Å². The molecule has 30 heavy (non-hydrogen) atoms. The van der Waals surface area contributed by atoms with E-state index in [4.69, 9.17) is 18.6 Å². The van der Waals surface area contributed by atoms with E-state index in [0.717, 1.165) is 16.9 Å². The molecular weight excluding hydrogens is 382 g/mol. The van der Waals surface area contributed by atoms with Gasteiger partial charge >= 0.3 is 0 Å². The summed E-state index contributed by atoms with van der Waals surface area (Å²) in [7, 11) is 4.66. The Balaban J connectivity index is 1.83. The van der Waals surface area contributed by atoms with Gasteiger partial charge in [-0.15, -0.1) is 0 Å². The van der Waals surface area contributed by atoms with Crippen molar-refractivity contribution in [3.8, 4) is 17.2 Å². The third-order valence-corrected chi connectivity index (χ3v) is 4.56. The molecule has 1 amide bonds. The lowest BCUT2D eigenvalue weighted by atomic mass is 10.1. The highest BCUT2D eigenvalue weighted by molar-refractivity contribution is 5.92. The summed E-state index contributed by atoms with van der Waals surface area (Å²) in [5.74, 6) is 2.15. The third-order valence-electron chi connectivity index (χ3n) is 4.56. The fourth-order valence-electron chi connectivity index (χ4n) is 3.08. The van der Waals surface area contributed by atoms with Gasteiger partial charge in [0.05, 0.1) is 34.1 Å². The Bertz CT molecular complexity index is 955. The molecule has 3 aromatic rings. The molecule has 2 aromatic carbocycles. The first-order chi connectivity index (χ1) is 14.6. The number of furan rings is 1. The van der Waals surface area contributed by atoms with Crippen molar-refractivity contribution in [3.63, 3.8) is 0 Å². The fraction of sp³-hybridized carbons (Fsp3) is 0.208. The SMILES string of the molecule is COc1cc(C=CC(=O)N(Cc2ccccc2)Cc2ccco2)cc(OC)c1OC. The lowest BCUT2D eigenvalue weighted by Gasteiger charge is -2.20. The number of ether oxygens (including phenoxy) is 3. The maximum atomic E-state index is 13.0. The molecule has 0 spiro atoms. The number of carbonyl (C=O) groups is 1. The van der Waals surface area contributed by atoms with Gasteiger partial charge in [0, 0.05) is 12.6 Å². The molecule has 0 aliphatic carbocycles. The molecule has 3 rings (SSSR count). The van der Waals surface area contributed by atoms with Crippen LogP contribution >= 0.6 is 0 Å². The van der Waals surface area contributed by atoms with Gasteiger partial charge < -0.3 is 23.5 Å². The molecule has 0 saturated heterocycles. The van der Waals surface area contributed by atoms with Crippen molar-refractivity contribution < 1.29 is 23.4 Å². The molecule has 0 atom stereocenters. The van der Waals surface area contributed by atoms with E-state index in [1.807, 2.05) is 42.5 Å². The van der Waals surface area contributed by atoms with Gasteiger partial charge in [-0.05, 0) is 41.5 Å². The zero-order valence-corrected chi connectivity index (χ0v) is 17.3. The molecule has 6 heteroatoms. The number of amides is 1. The van der Waals surface area contributed by atoms with E-state index < -0.39 is 0 Å². The lowest BCUT2D eigenvalue weighted by Crippen LogP contribution is -2.28. The largest absolute Gasteiger partial charge is 0.493 e. The number of nitrogens with zero attached hydrogens (tertiary/aromatic N) is 1. The predicted octanol–water partition coefficient (Wildman–Crippen LogP) is 4.55. The first kappa shape index (κ1) is 21.0. The monoisotopic (exact) mass is 407 g/mol. The number of hydrogen-bond donors (Lipinski definition) is 0. The van der Waals surface area contributed by atoms with Crippen molar-refractivity contribution >= 4 is 12.0 Å². The summed E-state index contributed by atoms with van der Waals surface area (Å²) in [6.07, 6.45) is 4.87. The van der Waals surface area contributed by atoms with E-state index in [2.05, 4.69) is 0 Å². The molecule has 6 nitrogen and oxygen atoms in total. The van der Waals surface area contributed by atoms with Gasteiger partial charge in [0.15, 0.2) is 11.5 Å². The maximum Gasteiger partial charge on any atom is 0.247 e. The molecule has 0 radical (unpaired) electrons. The minimum Gasteiger partial charge on any atom is -0.493 e. The van der Waals surface area contributed by atoms with Gasteiger partial charge in [-0.2, -0.15) is 0 Å². The summed E-state index contributed by atoms with van der Waals surface area (Å²) in [5.41, 5.74) is 1.80. The first-order valence-electron chi connectivity index (χ1n) is 9.48. The second-order valence-electron chi connectivity index (χ2n) is 6.55. The van der Waals surface area contributed by atoms with Crippen LogP contribution in [0.5, 0.6) is 17.2 Å². The van der Waals surface area contributed by atoms with E-state index in [9.17, 15) is 4.79 Å². The molecule has 0 fully saturated rings. The van der Waals surface area contributed by atoms with Gasteiger partial charge in [-0.1, -0.05) is 30.3 Å². The number of hydrogen-bond acceptors (Lipinski definition) is 5. The highest BCUT2D eigenvalue weighted by Gasteiger charge is 2.15. The van der Waals surface area contributed by atoms with E-state index in [1.165, 1.54) is 6.08 Å². The van der Waals surface area contributed by atoms with Crippen molar-refractivity contribution in [1.29, 1.82) is 0 Å². The minimum absolute atomic E-state index is 0.135. The second kappa shape index (κ2) is 10.2. The molecule has 0 N–H and O–H groups in total. The Morgan fingerprint density at radius 1 is 0.933 bits per heavy atom. The van der Waals surface area contributed by atoms with Gasteiger partial charge in [0.1, 0.15) is 5.76 Å². The van der Waals surface area contributed by atoms with E-state index in [1.54, 1.807) is 50.7 Å². The van der Waals surface area contributed by atoms with E-state index in [0.29, 0.717) is 30.3 Å². The van der Waals surface area contributed by atoms with Crippen LogP contribution in [0.4, 0.5) is 0 Å². The summed E-state index contributed by atoms with van der Waals surface area (Å²) < 4.78 is 21.5. The highest BCUT2D eigenvalue weighted by atomic mass is 16.5. The quantitative estimate of drug-likeness (QED) is 0.487. The molecule has 0 bridgehead atoms. The molecule has 156 valence electrons. The topological polar surface area (TPSA) is 61.1 Å². The van der Waals surface area contributed by atoms with Crippen molar-refractivity contribution in [2.24, 2.45) is 0 Å². The molecule has 0 aliphatic rings. The summed E-state index contributed by atoms with van der Waals surface area (Å²) in [4.78, 5) is 14.7. The summed E-state index contributed by atoms with van der Waals surface area (Å²) in [6.45, 7) is 0.848. The van der Waals surface area contributed by atoms with Crippen molar-refractivity contribution in [1.82, 2.24) is 4.90 Å². The van der Waals surface area contributed by atoms with Crippen LogP contribution in [0, 0.1) is 0 Å². The Hall–Kier alpha value is -3.67. The fourth-order valence-corrected chi connectivity index (χ4v) is 3.08. The Morgan fingerprint density at radius 2 is 1.63 bits per heavy atom. The normalized spacial score (nSPS) is 10.8. The van der Waals surface area contributed by atoms with Crippen LogP contribution in [0.25, 0.3) is 6.08 Å². The molecule has 1 heterocycles. The van der Waals surface area contributed by atoms with Crippen molar-refractivity contribution in [2.45, 2.75) is 13.1 Å². The molecule has 1 aromatic heterocycles. The molecule has 0 aliphatic heterocycles. The second-order valence-corrected chi connectivity index (χ2v) is 6.55. The minimum atomic E-state index is -0.135. The van der Waals surface area contributed by atoms with Crippen LogP contribution in [-0.2, 0) is 17.9 Å². The van der Waals surface area contributed by atoms with Gasteiger partial charge in [-0.25, -0.2) is 0 Å². The number of benzene rings is 2. The number of methoxy groups -OCH3 is 3. The zero-order valence-electron chi connectivity index (χ0n) is 17.3. The van der Waals surface area contributed by atoms with Crippen LogP contribution in [0.3, 0.4) is 0 Å². The van der Waals surface area contributed by atoms with Crippen LogP contribution in [0.2, 0.25) is 0 Å². The van der Waals surface area contributed by atoms with Crippen LogP contribution < -0.4 is 14.2 Å². The summed E-state index contributed by atoms with van der Waals surface area (Å²) in [5, 5.41) is 0. The van der Waals surface area contributed by atoms with Crippen LogP contribution in [0.15, 0.2) is 71.4 Å². The van der Waals surface area contributed by atoms with Crippen molar-refractivity contribution in [3.05, 3.63) is 83.8 Å². The van der Waals surface area contributed by atoms with Gasteiger partial charge in [0.25, 0.3) is 0 Å². The van der Waals surface area contributed by atoms with Crippen molar-refractivity contribution in [2.75, 3.05) is 21.3 Å². The van der Waals surface area contributed by atoms with Crippen LogP contribution in [0.1, 0.15) is 16.9 Å². The average molecular weight is 407 g/mol. The highest BCUT2D eigenvalue weighted by Crippen LogP contribution is 2.38. The number of carbonyl (C=O) groups excluding carboxylic acids is 1. The number of rotatable bonds is 9. The molecule has 0 saturated carbocycles. The third kappa shape index (κ3) is 5.23. The van der Waals surface area contributed by atoms with E-state index >= 15 is 0 Å². The Morgan fingerprint density at radius 3 is 2.20 bits per heavy atom. The van der Waals surface area contributed by atoms with Crippen LogP contribution in [-0.4, -0.2) is 32.1 Å². The summed E-state index contributed by atoms with van der Waals surface area (Å²) >= 11 is 0. The average Bonchev–Trinajstić information content (AvgIpc) is 3.30. The predicted molar refractivity (Wildman–Crippen MR) is 115 cm³/mol. The summed E-state index contributed by atoms with van der Waals surface area (Å²) in [6, 6.07) is 17.1. The smallest absolute Gasteiger partial charge is 0.247 e. The van der Waals surface area contributed by atoms with E-state index in [-0.39, 0.29) is 5.91 Å². The Kier molecular flexibility index (Phi) is 7.16. The first-order valence-corrected chi connectivity index (χ1v) is 9.48. The van der Waals surface area contributed by atoms with Gasteiger partial charge in [-0.3, -0.25) is 4.79 Å². The standard InChI is InChI=1S/C24H25NO5/c1-27-21-14-19(15-22(28-2)24(21)29-3)11-12-23(26)25(17-20-10-7-13-30-20)16-18-8-5-4-6-9-18/h4-15H,16-17H2,1-3H3. The Labute approximate surface area is 176 Å². The maximum absolute atomic E-state index is 13.0. The molecular formula is C24H25NO5. The lowest BCUT2D eigenvalue weighted by molar-refractivity contribution is -0.127. The zero-order chi connectivity index (χ0) is 21.3.